The van der Waals surface area contributed by atoms with Crippen LogP contribution in [0.3, 0.4) is 0 Å². The molecular weight excluding hydrogens is 332 g/mol. The van der Waals surface area contributed by atoms with Gasteiger partial charge in [-0.1, -0.05) is 30.3 Å². The van der Waals surface area contributed by atoms with Gasteiger partial charge in [0, 0.05) is 34.3 Å². The van der Waals surface area contributed by atoms with Crippen LogP contribution >= 0.6 is 0 Å². The Morgan fingerprint density at radius 2 is 1.76 bits per heavy atom. The van der Waals surface area contributed by atoms with Crippen molar-refractivity contribution in [1.82, 2.24) is 4.98 Å². The second-order valence-electron chi connectivity index (χ2n) is 5.85. The average molecular weight is 347 g/mol. The van der Waals surface area contributed by atoms with Gasteiger partial charge in [0.2, 0.25) is 5.69 Å². The molecule has 2 N–H and O–H groups in total. The number of H-pyrrole nitrogens is 1. The van der Waals surface area contributed by atoms with Crippen LogP contribution in [-0.4, -0.2) is 11.2 Å². The fraction of sp³-hybridized carbons (Fsp3) is 0. The number of rotatable bonds is 2. The number of allylic oxidation sites excluding steroid dienone is 1. The Balaban J connectivity index is 0.00000157. The molecule has 0 bridgehead atoms. The Hall–Kier alpha value is -3.04. The van der Waals surface area contributed by atoms with Gasteiger partial charge in [-0.05, 0) is 24.3 Å². The van der Waals surface area contributed by atoms with Crippen LogP contribution in [0.1, 0.15) is 16.9 Å². The molecule has 0 saturated heterocycles. The highest BCUT2D eigenvalue weighted by molar-refractivity contribution is 6.24. The Morgan fingerprint density at radius 3 is 2.64 bits per heavy atom. The summed E-state index contributed by atoms with van der Waals surface area (Å²) in [6.07, 6.45) is 5.84. The van der Waals surface area contributed by atoms with E-state index >= 15 is 0 Å². The predicted molar refractivity (Wildman–Crippen MR) is 96.1 cm³/mol. The molecule has 122 valence electrons. The summed E-state index contributed by atoms with van der Waals surface area (Å²) in [6.45, 7) is 0. The molecule has 1 aliphatic heterocycles. The van der Waals surface area contributed by atoms with Gasteiger partial charge in [0.1, 0.15) is 5.76 Å². The zero-order chi connectivity index (χ0) is 15.9. The number of para-hydroxylation sites is 2. The van der Waals surface area contributed by atoms with Crippen molar-refractivity contribution < 1.29 is 21.8 Å². The molecule has 0 radical (unpaired) electrons. The summed E-state index contributed by atoms with van der Waals surface area (Å²) in [5.74, 6) is 0.865. The second-order valence-corrected chi connectivity index (χ2v) is 5.85. The number of aromatic nitrogens is 1. The lowest BCUT2D eigenvalue weighted by molar-refractivity contribution is -0.342. The summed E-state index contributed by atoms with van der Waals surface area (Å²) in [5, 5.41) is 1.19. The topological polar surface area (TPSA) is 42.9 Å². The highest BCUT2D eigenvalue weighted by Gasteiger charge is 2.25. The quantitative estimate of drug-likeness (QED) is 0.546. The van der Waals surface area contributed by atoms with E-state index in [-0.39, 0.29) is 12.4 Å². The maximum Gasteiger partial charge on any atom is 0.211 e. The first-order valence-electron chi connectivity index (χ1n) is 7.95. The van der Waals surface area contributed by atoms with Crippen LogP contribution in [-0.2, 0) is 0 Å². The van der Waals surface area contributed by atoms with Crippen LogP contribution in [0, 0.1) is 0 Å². The number of benzene rings is 2. The molecule has 0 saturated carbocycles. The summed E-state index contributed by atoms with van der Waals surface area (Å²) in [7, 11) is 0. The van der Waals surface area contributed by atoms with E-state index < -0.39 is 0 Å². The molecular formula is C21H15ClN2O. The maximum absolute atomic E-state index is 5.78. The van der Waals surface area contributed by atoms with E-state index in [9.17, 15) is 0 Å². The van der Waals surface area contributed by atoms with Crippen molar-refractivity contribution in [2.24, 2.45) is 0 Å². The molecule has 3 nitrogen and oxygen atoms in total. The standard InChI is InChI=1S/C21H14N2O.ClH/c1-3-8-18-14(6-1)16(12-22-18)21(20-10-5-11-24-20)17-13-23-19-9-4-2-7-15(17)19;/h1-13,22H;1H/b21-17-;. The van der Waals surface area contributed by atoms with E-state index in [1.807, 2.05) is 24.3 Å². The lowest BCUT2D eigenvalue weighted by Gasteiger charge is -2.07. The summed E-state index contributed by atoms with van der Waals surface area (Å²) in [5.41, 5.74) is 6.81. The minimum Gasteiger partial charge on any atom is -1.00 e. The van der Waals surface area contributed by atoms with Crippen LogP contribution < -0.4 is 17.4 Å². The van der Waals surface area contributed by atoms with Crippen LogP contribution in [0.2, 0.25) is 0 Å². The summed E-state index contributed by atoms with van der Waals surface area (Å²) in [6, 6.07) is 20.6. The predicted octanol–water partition coefficient (Wildman–Crippen LogP) is 0.520. The van der Waals surface area contributed by atoms with E-state index in [1.165, 1.54) is 10.9 Å². The molecule has 0 atom stereocenters. The van der Waals surface area contributed by atoms with E-state index in [0.717, 1.165) is 33.7 Å². The normalized spacial score (nSPS) is 14.4. The maximum atomic E-state index is 5.78. The van der Waals surface area contributed by atoms with Crippen LogP contribution in [0.5, 0.6) is 0 Å². The molecule has 0 fully saturated rings. The Bertz CT molecular complexity index is 1100. The van der Waals surface area contributed by atoms with Crippen LogP contribution in [0.25, 0.3) is 22.0 Å². The van der Waals surface area contributed by atoms with Gasteiger partial charge in [-0.3, -0.25) is 0 Å². The molecule has 2 aromatic carbocycles. The van der Waals surface area contributed by atoms with Crippen molar-refractivity contribution in [3.63, 3.8) is 0 Å². The third-order valence-electron chi connectivity index (χ3n) is 4.48. The van der Waals surface area contributed by atoms with Gasteiger partial charge in [-0.15, -0.1) is 0 Å². The SMILES string of the molecule is C1=[NH+]c2ccccc2/C1=C(\c1ccco1)c1c[nH]c2ccccc12.[Cl-]. The van der Waals surface area contributed by atoms with Gasteiger partial charge in [0.15, 0.2) is 6.21 Å². The summed E-state index contributed by atoms with van der Waals surface area (Å²) >= 11 is 0. The number of hydrogen-bond acceptors (Lipinski definition) is 1. The van der Waals surface area contributed by atoms with Gasteiger partial charge in [0.05, 0.1) is 17.4 Å². The first kappa shape index (κ1) is 15.5. The van der Waals surface area contributed by atoms with Crippen molar-refractivity contribution in [1.29, 1.82) is 0 Å². The molecule has 4 heteroatoms. The van der Waals surface area contributed by atoms with Crippen molar-refractivity contribution >= 4 is 34.0 Å². The van der Waals surface area contributed by atoms with Gasteiger partial charge >= 0.3 is 0 Å². The van der Waals surface area contributed by atoms with Gasteiger partial charge < -0.3 is 21.8 Å². The smallest absolute Gasteiger partial charge is 0.211 e. The van der Waals surface area contributed by atoms with E-state index in [2.05, 4.69) is 58.8 Å². The number of aromatic amines is 1. The van der Waals surface area contributed by atoms with Crippen molar-refractivity contribution in [2.75, 3.05) is 0 Å². The average Bonchev–Trinajstić information content (AvgIpc) is 3.36. The minimum atomic E-state index is 0. The van der Waals surface area contributed by atoms with Crippen molar-refractivity contribution in [3.05, 3.63) is 90.0 Å². The molecule has 4 aromatic rings. The first-order chi connectivity index (χ1) is 11.9. The number of halogens is 1. The number of furan rings is 1. The van der Waals surface area contributed by atoms with E-state index in [1.54, 1.807) is 6.26 Å². The molecule has 0 aliphatic carbocycles. The fourth-order valence-corrected chi connectivity index (χ4v) is 3.39. The van der Waals surface area contributed by atoms with Crippen LogP contribution in [0.4, 0.5) is 5.69 Å². The molecule has 5 rings (SSSR count). The summed E-state index contributed by atoms with van der Waals surface area (Å²) in [4.78, 5) is 6.74. The number of fused-ring (bicyclic) bond motifs is 2. The van der Waals surface area contributed by atoms with E-state index in [0.29, 0.717) is 0 Å². The third-order valence-corrected chi connectivity index (χ3v) is 4.48. The summed E-state index contributed by atoms with van der Waals surface area (Å²) < 4.78 is 5.78. The zero-order valence-corrected chi connectivity index (χ0v) is 14.0. The van der Waals surface area contributed by atoms with Crippen molar-refractivity contribution in [2.45, 2.75) is 0 Å². The monoisotopic (exact) mass is 346 g/mol. The van der Waals surface area contributed by atoms with Gasteiger partial charge in [0.25, 0.3) is 0 Å². The molecule has 0 spiro atoms. The Kier molecular flexibility index (Phi) is 3.79. The number of hydrogen-bond donors (Lipinski definition) is 2. The molecule has 0 amide bonds. The highest BCUT2D eigenvalue weighted by atomic mass is 35.5. The van der Waals surface area contributed by atoms with Gasteiger partial charge in [-0.25, -0.2) is 4.99 Å². The molecule has 3 heterocycles. The van der Waals surface area contributed by atoms with E-state index in [4.69, 9.17) is 4.42 Å². The zero-order valence-electron chi connectivity index (χ0n) is 13.3. The number of nitrogens with one attached hydrogen (secondary N) is 2. The van der Waals surface area contributed by atoms with Gasteiger partial charge in [-0.2, -0.15) is 0 Å². The lowest BCUT2D eigenvalue weighted by Crippen LogP contribution is -3.00. The molecule has 2 aromatic heterocycles. The lowest BCUT2D eigenvalue weighted by atomic mass is 9.94. The Morgan fingerprint density at radius 1 is 0.920 bits per heavy atom. The van der Waals surface area contributed by atoms with Crippen LogP contribution in [0.15, 0.2) is 77.5 Å². The van der Waals surface area contributed by atoms with Crippen molar-refractivity contribution in [3.8, 4) is 0 Å². The molecule has 0 unspecified atom stereocenters. The first-order valence-corrected chi connectivity index (χ1v) is 7.95. The second kappa shape index (κ2) is 6.11. The Labute approximate surface area is 151 Å². The third kappa shape index (κ3) is 2.41. The largest absolute Gasteiger partial charge is 1.00 e. The highest BCUT2D eigenvalue weighted by Crippen LogP contribution is 2.37. The fourth-order valence-electron chi connectivity index (χ4n) is 3.39. The molecule has 1 aliphatic rings. The molecule has 25 heavy (non-hydrogen) atoms. The minimum absolute atomic E-state index is 0.